The number of anilines is 1. The van der Waals surface area contributed by atoms with E-state index in [2.05, 4.69) is 5.32 Å². The lowest BCUT2D eigenvalue weighted by Crippen LogP contribution is -2.30. The van der Waals surface area contributed by atoms with Crippen molar-refractivity contribution < 1.29 is 18.0 Å². The van der Waals surface area contributed by atoms with Gasteiger partial charge < -0.3 is 5.32 Å². The Morgan fingerprint density at radius 2 is 2.06 bits per heavy atom. The van der Waals surface area contributed by atoms with Crippen LogP contribution in [0.1, 0.15) is 0 Å². The number of amides is 1. The highest BCUT2D eigenvalue weighted by Gasteiger charge is 2.15. The number of carbonyl (C=O) groups excluding carboxylic acids is 1. The third kappa shape index (κ3) is 3.46. The van der Waals surface area contributed by atoms with Gasteiger partial charge in [-0.1, -0.05) is 0 Å². The van der Waals surface area contributed by atoms with Crippen LogP contribution in [0.3, 0.4) is 0 Å². The Morgan fingerprint density at radius 3 is 2.67 bits per heavy atom. The molecular formula is C11H10F3N3O. The second-order valence-corrected chi connectivity index (χ2v) is 3.60. The summed E-state index contributed by atoms with van der Waals surface area (Å²) in [5, 5.41) is 10.5. The highest BCUT2D eigenvalue weighted by Crippen LogP contribution is 2.19. The summed E-state index contributed by atoms with van der Waals surface area (Å²) in [6.45, 7) is -0.139. The Hall–Kier alpha value is -2.07. The van der Waals surface area contributed by atoms with Crippen LogP contribution in [0.5, 0.6) is 0 Å². The van der Waals surface area contributed by atoms with Crippen molar-refractivity contribution in [3.8, 4) is 6.07 Å². The Bertz CT molecular complexity index is 499. The number of nitrogens with one attached hydrogen (secondary N) is 1. The molecule has 1 N–H and O–H groups in total. The minimum Gasteiger partial charge on any atom is -0.322 e. The molecule has 7 heteroatoms. The largest absolute Gasteiger partial charge is 0.322 e. The van der Waals surface area contributed by atoms with Crippen LogP contribution in [0.15, 0.2) is 12.1 Å². The van der Waals surface area contributed by atoms with Gasteiger partial charge in [-0.25, -0.2) is 13.2 Å². The zero-order valence-electron chi connectivity index (χ0n) is 9.51. The molecule has 0 aromatic heterocycles. The lowest BCUT2D eigenvalue weighted by Gasteiger charge is -2.12. The van der Waals surface area contributed by atoms with Crippen LogP contribution >= 0.6 is 0 Å². The van der Waals surface area contributed by atoms with Gasteiger partial charge in [-0.3, -0.25) is 9.69 Å². The summed E-state index contributed by atoms with van der Waals surface area (Å²) in [6, 6.07) is 3.47. The van der Waals surface area contributed by atoms with Crippen molar-refractivity contribution >= 4 is 11.6 Å². The Kier molecular flexibility index (Phi) is 4.68. The van der Waals surface area contributed by atoms with Crippen molar-refractivity contribution in [2.75, 3.05) is 25.5 Å². The Labute approximate surface area is 102 Å². The van der Waals surface area contributed by atoms with Crippen LogP contribution in [-0.4, -0.2) is 30.9 Å². The lowest BCUT2D eigenvalue weighted by molar-refractivity contribution is -0.116. The van der Waals surface area contributed by atoms with Crippen molar-refractivity contribution in [2.24, 2.45) is 0 Å². The number of likely N-dealkylation sites (N-methyl/N-ethyl adjacent to an activating group) is 1. The van der Waals surface area contributed by atoms with Crippen molar-refractivity contribution in [3.05, 3.63) is 29.6 Å². The van der Waals surface area contributed by atoms with E-state index in [0.717, 1.165) is 6.07 Å². The Morgan fingerprint density at radius 1 is 1.39 bits per heavy atom. The summed E-state index contributed by atoms with van der Waals surface area (Å²) in [5.74, 6) is -5.05. The van der Waals surface area contributed by atoms with Gasteiger partial charge in [0.05, 0.1) is 24.8 Å². The molecule has 0 atom stereocenters. The number of hydrogen-bond donors (Lipinski definition) is 1. The number of nitriles is 1. The zero-order valence-corrected chi connectivity index (χ0v) is 9.51. The van der Waals surface area contributed by atoms with E-state index in [0.29, 0.717) is 6.07 Å². The fraction of sp³-hybridized carbons (Fsp3) is 0.273. The molecule has 0 heterocycles. The second-order valence-electron chi connectivity index (χ2n) is 3.60. The molecule has 0 aliphatic heterocycles. The monoisotopic (exact) mass is 257 g/mol. The van der Waals surface area contributed by atoms with E-state index in [-0.39, 0.29) is 13.1 Å². The standard InChI is InChI=1S/C11H10F3N3O/c1-17(5-4-15)6-9(18)16-8-3-2-7(12)10(13)11(8)14/h2-3H,5-6H2,1H3,(H,16,18). The molecule has 18 heavy (non-hydrogen) atoms. The van der Waals surface area contributed by atoms with Crippen molar-refractivity contribution in [1.29, 1.82) is 5.26 Å². The molecule has 1 rings (SSSR count). The fourth-order valence-corrected chi connectivity index (χ4v) is 1.23. The first-order valence-electron chi connectivity index (χ1n) is 4.94. The van der Waals surface area contributed by atoms with Crippen LogP contribution in [0, 0.1) is 28.8 Å². The summed E-state index contributed by atoms with van der Waals surface area (Å²) < 4.78 is 38.7. The van der Waals surface area contributed by atoms with Crippen LogP contribution in [0.4, 0.5) is 18.9 Å². The number of carbonyl (C=O) groups is 1. The van der Waals surface area contributed by atoms with E-state index in [9.17, 15) is 18.0 Å². The maximum absolute atomic E-state index is 13.2. The minimum atomic E-state index is -1.64. The first kappa shape index (κ1) is 14.0. The highest BCUT2D eigenvalue weighted by atomic mass is 19.2. The highest BCUT2D eigenvalue weighted by molar-refractivity contribution is 5.92. The van der Waals surface area contributed by atoms with Crippen LogP contribution in [0.25, 0.3) is 0 Å². The zero-order chi connectivity index (χ0) is 13.7. The third-order valence-electron chi connectivity index (χ3n) is 2.06. The maximum Gasteiger partial charge on any atom is 0.238 e. The third-order valence-corrected chi connectivity index (χ3v) is 2.06. The molecule has 1 aromatic rings. The molecule has 0 saturated carbocycles. The molecule has 0 bridgehead atoms. The molecule has 4 nitrogen and oxygen atoms in total. The van der Waals surface area contributed by atoms with Gasteiger partial charge in [0, 0.05) is 0 Å². The van der Waals surface area contributed by atoms with E-state index >= 15 is 0 Å². The average Bonchev–Trinajstić information content (AvgIpc) is 2.30. The van der Waals surface area contributed by atoms with Crippen molar-refractivity contribution in [2.45, 2.75) is 0 Å². The number of hydrogen-bond acceptors (Lipinski definition) is 3. The average molecular weight is 257 g/mol. The van der Waals surface area contributed by atoms with E-state index in [1.54, 1.807) is 0 Å². The predicted octanol–water partition coefficient (Wildman–Crippen LogP) is 1.50. The number of nitrogens with zero attached hydrogens (tertiary/aromatic N) is 2. The minimum absolute atomic E-state index is 0.0215. The van der Waals surface area contributed by atoms with Crippen LogP contribution in [0.2, 0.25) is 0 Å². The molecule has 96 valence electrons. The van der Waals surface area contributed by atoms with Gasteiger partial charge in [-0.15, -0.1) is 0 Å². The smallest absolute Gasteiger partial charge is 0.238 e. The molecule has 0 aliphatic rings. The molecule has 1 aromatic carbocycles. The molecule has 1 amide bonds. The molecule has 0 unspecified atom stereocenters. The van der Waals surface area contributed by atoms with Crippen molar-refractivity contribution in [3.63, 3.8) is 0 Å². The quantitative estimate of drug-likeness (QED) is 0.657. The van der Waals surface area contributed by atoms with Gasteiger partial charge in [-0.2, -0.15) is 5.26 Å². The predicted molar refractivity (Wildman–Crippen MR) is 58.1 cm³/mol. The number of benzene rings is 1. The molecule has 0 radical (unpaired) electrons. The Balaban J connectivity index is 2.71. The maximum atomic E-state index is 13.2. The first-order chi connectivity index (χ1) is 8.45. The van der Waals surface area contributed by atoms with E-state index < -0.39 is 29.0 Å². The van der Waals surface area contributed by atoms with Gasteiger partial charge >= 0.3 is 0 Å². The van der Waals surface area contributed by atoms with E-state index in [1.807, 2.05) is 6.07 Å². The molecule has 0 aliphatic carbocycles. The first-order valence-corrected chi connectivity index (χ1v) is 4.94. The molecular weight excluding hydrogens is 247 g/mol. The van der Waals surface area contributed by atoms with E-state index in [4.69, 9.17) is 5.26 Å². The van der Waals surface area contributed by atoms with Crippen LogP contribution < -0.4 is 5.32 Å². The van der Waals surface area contributed by atoms with Gasteiger partial charge in [0.25, 0.3) is 0 Å². The van der Waals surface area contributed by atoms with Gasteiger partial charge in [0.15, 0.2) is 17.5 Å². The normalized spacial score (nSPS) is 10.2. The fourth-order valence-electron chi connectivity index (χ4n) is 1.23. The molecule has 0 spiro atoms. The topological polar surface area (TPSA) is 56.1 Å². The summed E-state index contributed by atoms with van der Waals surface area (Å²) in [4.78, 5) is 12.8. The summed E-state index contributed by atoms with van der Waals surface area (Å²) in [7, 11) is 1.52. The van der Waals surface area contributed by atoms with Gasteiger partial charge in [-0.05, 0) is 19.2 Å². The summed E-state index contributed by atoms with van der Waals surface area (Å²) >= 11 is 0. The second kappa shape index (κ2) is 6.02. The van der Waals surface area contributed by atoms with Crippen LogP contribution in [-0.2, 0) is 4.79 Å². The summed E-state index contributed by atoms with van der Waals surface area (Å²) in [6.07, 6.45) is 0. The lowest BCUT2D eigenvalue weighted by atomic mass is 10.2. The number of rotatable bonds is 4. The molecule has 0 fully saturated rings. The van der Waals surface area contributed by atoms with Crippen molar-refractivity contribution in [1.82, 2.24) is 4.90 Å². The summed E-state index contributed by atoms with van der Waals surface area (Å²) in [5.41, 5.74) is -0.441. The van der Waals surface area contributed by atoms with E-state index in [1.165, 1.54) is 11.9 Å². The van der Waals surface area contributed by atoms with Gasteiger partial charge in [0.1, 0.15) is 0 Å². The van der Waals surface area contributed by atoms with Gasteiger partial charge in [0.2, 0.25) is 5.91 Å². The SMILES string of the molecule is CN(CC#N)CC(=O)Nc1ccc(F)c(F)c1F. The molecule has 0 saturated heterocycles. The number of halogens is 3.